The molecule has 2 saturated heterocycles. The van der Waals surface area contributed by atoms with Crippen LogP contribution in [0.15, 0.2) is 11.0 Å². The summed E-state index contributed by atoms with van der Waals surface area (Å²) in [6, 6.07) is 0. The van der Waals surface area contributed by atoms with E-state index in [-0.39, 0.29) is 11.0 Å². The molecule has 0 amide bonds. The molecule has 0 radical (unpaired) electrons. The average molecular weight is 317 g/mol. The van der Waals surface area contributed by atoms with Crippen LogP contribution in [-0.2, 0) is 11.8 Å². The van der Waals surface area contributed by atoms with Crippen molar-refractivity contribution >= 4 is 17.0 Å². The van der Waals surface area contributed by atoms with Gasteiger partial charge in [0.15, 0.2) is 5.65 Å². The van der Waals surface area contributed by atoms with Crippen LogP contribution in [0.1, 0.15) is 26.7 Å². The smallest absolute Gasteiger partial charge is 0.265 e. The highest BCUT2D eigenvalue weighted by atomic mass is 16.5. The van der Waals surface area contributed by atoms with Crippen LogP contribution in [0.2, 0.25) is 0 Å². The molecular formula is C16H23N5O2. The minimum absolute atomic E-state index is 0.0507. The van der Waals surface area contributed by atoms with E-state index in [1.165, 1.54) is 0 Å². The molecule has 0 bridgehead atoms. The molecule has 2 aromatic rings. The van der Waals surface area contributed by atoms with Gasteiger partial charge in [-0.2, -0.15) is 10.1 Å². The van der Waals surface area contributed by atoms with E-state index in [0.717, 1.165) is 38.5 Å². The van der Waals surface area contributed by atoms with Crippen LogP contribution >= 0.6 is 0 Å². The highest BCUT2D eigenvalue weighted by Gasteiger charge is 2.47. The molecule has 2 aliphatic heterocycles. The summed E-state index contributed by atoms with van der Waals surface area (Å²) in [5.41, 5.74) is 0.798. The van der Waals surface area contributed by atoms with Crippen molar-refractivity contribution in [1.82, 2.24) is 19.7 Å². The second-order valence-corrected chi connectivity index (χ2v) is 7.06. The fraction of sp³-hybridized carbons (Fsp3) is 0.688. The quantitative estimate of drug-likeness (QED) is 0.858. The highest BCUT2D eigenvalue weighted by molar-refractivity contribution is 5.73. The Morgan fingerprint density at radius 2 is 2.09 bits per heavy atom. The van der Waals surface area contributed by atoms with Gasteiger partial charge in [0.25, 0.3) is 5.56 Å². The Hall–Kier alpha value is -1.89. The van der Waals surface area contributed by atoms with E-state index in [1.807, 2.05) is 0 Å². The van der Waals surface area contributed by atoms with E-state index in [9.17, 15) is 4.79 Å². The third-order valence-electron chi connectivity index (χ3n) is 6.01. The molecule has 0 aliphatic carbocycles. The lowest BCUT2D eigenvalue weighted by molar-refractivity contribution is 0.0968. The lowest BCUT2D eigenvalue weighted by Gasteiger charge is -2.42. The van der Waals surface area contributed by atoms with E-state index < -0.39 is 0 Å². The summed E-state index contributed by atoms with van der Waals surface area (Å²) in [6.45, 7) is 7.14. The molecule has 2 fully saturated rings. The number of hydrogen-bond donors (Lipinski definition) is 1. The van der Waals surface area contributed by atoms with Crippen LogP contribution in [0.25, 0.3) is 11.0 Å². The Morgan fingerprint density at radius 1 is 1.35 bits per heavy atom. The SMILES string of the molecule is C[C@@H]1OCC2(CCN(c3nc4[nH]ncc4c(=O)n3C)CC2)[C@@H]1C. The number of anilines is 1. The monoisotopic (exact) mass is 317 g/mol. The lowest BCUT2D eigenvalue weighted by atomic mass is 9.70. The topological polar surface area (TPSA) is 76.0 Å². The Labute approximate surface area is 134 Å². The zero-order valence-corrected chi connectivity index (χ0v) is 13.9. The summed E-state index contributed by atoms with van der Waals surface area (Å²) in [7, 11) is 1.78. The molecular weight excluding hydrogens is 294 g/mol. The largest absolute Gasteiger partial charge is 0.378 e. The van der Waals surface area contributed by atoms with Crippen LogP contribution in [-0.4, -0.2) is 45.5 Å². The molecule has 7 nitrogen and oxygen atoms in total. The zero-order valence-electron chi connectivity index (χ0n) is 13.9. The van der Waals surface area contributed by atoms with Gasteiger partial charge in [-0.15, -0.1) is 0 Å². The fourth-order valence-electron chi connectivity index (χ4n) is 4.07. The first-order chi connectivity index (χ1) is 11.0. The van der Waals surface area contributed by atoms with Gasteiger partial charge in [0.1, 0.15) is 5.39 Å². The maximum absolute atomic E-state index is 12.4. The number of H-pyrrole nitrogens is 1. The molecule has 0 unspecified atom stereocenters. The van der Waals surface area contributed by atoms with E-state index >= 15 is 0 Å². The van der Waals surface area contributed by atoms with Crippen LogP contribution in [0.3, 0.4) is 0 Å². The normalized spacial score (nSPS) is 27.2. The summed E-state index contributed by atoms with van der Waals surface area (Å²) in [5, 5.41) is 7.28. The number of rotatable bonds is 1. The minimum Gasteiger partial charge on any atom is -0.378 e. The number of aromatic amines is 1. The van der Waals surface area contributed by atoms with Crippen molar-refractivity contribution < 1.29 is 4.74 Å². The molecule has 1 spiro atoms. The van der Waals surface area contributed by atoms with Crippen LogP contribution in [0, 0.1) is 11.3 Å². The Bertz CT molecular complexity index is 787. The van der Waals surface area contributed by atoms with Crippen LogP contribution in [0.5, 0.6) is 0 Å². The molecule has 4 rings (SSSR count). The number of ether oxygens (including phenoxy) is 1. The van der Waals surface area contributed by atoms with E-state index in [0.29, 0.717) is 23.1 Å². The molecule has 23 heavy (non-hydrogen) atoms. The predicted molar refractivity (Wildman–Crippen MR) is 87.6 cm³/mol. The van der Waals surface area contributed by atoms with E-state index in [2.05, 4.69) is 33.9 Å². The Balaban J connectivity index is 1.62. The second-order valence-electron chi connectivity index (χ2n) is 7.06. The third-order valence-corrected chi connectivity index (χ3v) is 6.01. The van der Waals surface area contributed by atoms with Crippen molar-refractivity contribution in [3.63, 3.8) is 0 Å². The summed E-state index contributed by atoms with van der Waals surface area (Å²) >= 11 is 0. The number of fused-ring (bicyclic) bond motifs is 1. The first-order valence-corrected chi connectivity index (χ1v) is 8.28. The number of nitrogens with zero attached hydrogens (tertiary/aromatic N) is 4. The zero-order chi connectivity index (χ0) is 16.2. The van der Waals surface area contributed by atoms with Crippen molar-refractivity contribution in [1.29, 1.82) is 0 Å². The van der Waals surface area contributed by atoms with Gasteiger partial charge in [-0.25, -0.2) is 0 Å². The molecule has 2 aromatic heterocycles. The first kappa shape index (κ1) is 14.7. The second kappa shape index (κ2) is 5.06. The Kier molecular flexibility index (Phi) is 3.23. The van der Waals surface area contributed by atoms with Crippen LogP contribution < -0.4 is 10.5 Å². The Morgan fingerprint density at radius 3 is 2.74 bits per heavy atom. The summed E-state index contributed by atoms with van der Waals surface area (Å²) in [5.74, 6) is 1.30. The predicted octanol–water partition coefficient (Wildman–Crippen LogP) is 1.30. The molecule has 7 heteroatoms. The van der Waals surface area contributed by atoms with Gasteiger partial charge >= 0.3 is 0 Å². The van der Waals surface area contributed by atoms with Gasteiger partial charge in [0, 0.05) is 25.6 Å². The number of hydrogen-bond acceptors (Lipinski definition) is 5. The van der Waals surface area contributed by atoms with Gasteiger partial charge in [0.2, 0.25) is 5.95 Å². The molecule has 0 saturated carbocycles. The number of aromatic nitrogens is 4. The van der Waals surface area contributed by atoms with E-state index in [4.69, 9.17) is 4.74 Å². The van der Waals surface area contributed by atoms with Gasteiger partial charge in [-0.3, -0.25) is 14.5 Å². The molecule has 2 aliphatic rings. The first-order valence-electron chi connectivity index (χ1n) is 8.28. The average Bonchev–Trinajstić information content (AvgIpc) is 3.13. The number of nitrogens with one attached hydrogen (secondary N) is 1. The fourth-order valence-corrected chi connectivity index (χ4v) is 4.07. The van der Waals surface area contributed by atoms with Crippen molar-refractivity contribution in [2.45, 2.75) is 32.8 Å². The van der Waals surface area contributed by atoms with Crippen molar-refractivity contribution in [2.24, 2.45) is 18.4 Å². The standard InChI is InChI=1S/C16H23N5O2/c1-10-11(2)23-9-16(10)4-6-21(7-5-16)15-18-13-12(8-17-19-13)14(22)20(15)3/h8,10-11H,4-7,9H2,1-3H3,(H,17,19)/t10-,11+/m1/s1. The van der Waals surface area contributed by atoms with Crippen molar-refractivity contribution in [2.75, 3.05) is 24.6 Å². The van der Waals surface area contributed by atoms with Gasteiger partial charge in [-0.05, 0) is 25.7 Å². The summed E-state index contributed by atoms with van der Waals surface area (Å²) in [6.07, 6.45) is 4.04. The summed E-state index contributed by atoms with van der Waals surface area (Å²) in [4.78, 5) is 19.2. The van der Waals surface area contributed by atoms with E-state index in [1.54, 1.807) is 17.8 Å². The highest BCUT2D eigenvalue weighted by Crippen LogP contribution is 2.46. The minimum atomic E-state index is -0.0507. The molecule has 124 valence electrons. The summed E-state index contributed by atoms with van der Waals surface area (Å²) < 4.78 is 7.52. The molecule has 1 N–H and O–H groups in total. The van der Waals surface area contributed by atoms with Crippen molar-refractivity contribution in [3.8, 4) is 0 Å². The maximum atomic E-state index is 12.4. The van der Waals surface area contributed by atoms with Crippen molar-refractivity contribution in [3.05, 3.63) is 16.6 Å². The molecule has 2 atom stereocenters. The van der Waals surface area contributed by atoms with Crippen LogP contribution in [0.4, 0.5) is 5.95 Å². The lowest BCUT2D eigenvalue weighted by Crippen LogP contribution is -2.45. The van der Waals surface area contributed by atoms with Gasteiger partial charge < -0.3 is 9.64 Å². The van der Waals surface area contributed by atoms with Gasteiger partial charge in [0.05, 0.1) is 18.9 Å². The van der Waals surface area contributed by atoms with Gasteiger partial charge in [-0.1, -0.05) is 6.92 Å². The third kappa shape index (κ3) is 2.09. The molecule has 4 heterocycles. The molecule has 0 aromatic carbocycles. The maximum Gasteiger partial charge on any atom is 0.265 e. The number of piperidine rings is 1.